The van der Waals surface area contributed by atoms with Gasteiger partial charge in [0.2, 0.25) is 0 Å². The maximum Gasteiger partial charge on any atom is 0.251 e. The molecular weight excluding hydrogens is 337 g/mol. The Morgan fingerprint density at radius 2 is 1.84 bits per heavy atom. The lowest BCUT2D eigenvalue weighted by atomic mass is 9.95. The smallest absolute Gasteiger partial charge is 0.251 e. The van der Waals surface area contributed by atoms with Crippen LogP contribution in [-0.4, -0.2) is 11.0 Å². The molecule has 2 aromatic rings. The minimum Gasteiger partial charge on any atom is -0.351 e. The average molecular weight is 355 g/mol. The summed E-state index contributed by atoms with van der Waals surface area (Å²) in [6.45, 7) is 2.23. The van der Waals surface area contributed by atoms with Gasteiger partial charge in [-0.15, -0.1) is 0 Å². The number of halogens is 1. The van der Waals surface area contributed by atoms with Crippen LogP contribution in [0.4, 0.5) is 4.39 Å². The SMILES string of the molecule is CC1=C(C(=O)NCc2ccccc2)[C@@H](c2ccc(F)cc2)NC(=S)N1. The summed E-state index contributed by atoms with van der Waals surface area (Å²) in [5, 5.41) is 9.44. The van der Waals surface area contributed by atoms with Crippen molar-refractivity contribution in [1.29, 1.82) is 0 Å². The van der Waals surface area contributed by atoms with Crippen molar-refractivity contribution in [1.82, 2.24) is 16.0 Å². The number of thiocarbonyl (C=S) groups is 1. The topological polar surface area (TPSA) is 53.2 Å². The molecule has 0 unspecified atom stereocenters. The van der Waals surface area contributed by atoms with Gasteiger partial charge in [-0.05, 0) is 42.4 Å². The van der Waals surface area contributed by atoms with E-state index in [4.69, 9.17) is 12.2 Å². The van der Waals surface area contributed by atoms with Crippen LogP contribution >= 0.6 is 12.2 Å². The van der Waals surface area contributed by atoms with Crippen LogP contribution in [0.1, 0.15) is 24.1 Å². The Morgan fingerprint density at radius 3 is 2.52 bits per heavy atom. The lowest BCUT2D eigenvalue weighted by molar-refractivity contribution is -0.118. The molecule has 128 valence electrons. The number of nitrogens with one attached hydrogen (secondary N) is 3. The van der Waals surface area contributed by atoms with Crippen molar-refractivity contribution >= 4 is 23.2 Å². The highest BCUT2D eigenvalue weighted by Gasteiger charge is 2.29. The molecule has 25 heavy (non-hydrogen) atoms. The van der Waals surface area contributed by atoms with Gasteiger partial charge in [-0.1, -0.05) is 42.5 Å². The fraction of sp³-hybridized carbons (Fsp3) is 0.158. The highest BCUT2D eigenvalue weighted by Crippen LogP contribution is 2.27. The van der Waals surface area contributed by atoms with Crippen LogP contribution in [0.15, 0.2) is 65.9 Å². The van der Waals surface area contributed by atoms with E-state index in [1.807, 2.05) is 30.3 Å². The Balaban J connectivity index is 1.84. The number of carbonyl (C=O) groups excluding carboxylic acids is 1. The van der Waals surface area contributed by atoms with E-state index in [1.165, 1.54) is 12.1 Å². The second kappa shape index (κ2) is 7.44. The summed E-state index contributed by atoms with van der Waals surface area (Å²) < 4.78 is 13.2. The summed E-state index contributed by atoms with van der Waals surface area (Å²) in [5.41, 5.74) is 3.01. The van der Waals surface area contributed by atoms with Crippen molar-refractivity contribution < 1.29 is 9.18 Å². The fourth-order valence-electron chi connectivity index (χ4n) is 2.77. The summed E-state index contributed by atoms with van der Waals surface area (Å²) in [4.78, 5) is 12.8. The number of benzene rings is 2. The fourth-order valence-corrected chi connectivity index (χ4v) is 3.04. The maximum absolute atomic E-state index is 13.2. The highest BCUT2D eigenvalue weighted by molar-refractivity contribution is 7.80. The number of allylic oxidation sites excluding steroid dienone is 1. The van der Waals surface area contributed by atoms with Crippen LogP contribution in [0.25, 0.3) is 0 Å². The number of hydrogen-bond donors (Lipinski definition) is 3. The van der Waals surface area contributed by atoms with E-state index in [9.17, 15) is 9.18 Å². The van der Waals surface area contributed by atoms with Gasteiger partial charge in [-0.25, -0.2) is 4.39 Å². The second-order valence-electron chi connectivity index (χ2n) is 5.79. The molecule has 1 aliphatic heterocycles. The molecule has 0 saturated heterocycles. The van der Waals surface area contributed by atoms with E-state index in [0.717, 1.165) is 11.1 Å². The first kappa shape index (κ1) is 17.1. The lowest BCUT2D eigenvalue weighted by Gasteiger charge is -2.30. The van der Waals surface area contributed by atoms with Gasteiger partial charge < -0.3 is 16.0 Å². The zero-order valence-electron chi connectivity index (χ0n) is 13.7. The van der Waals surface area contributed by atoms with E-state index in [0.29, 0.717) is 22.9 Å². The summed E-state index contributed by atoms with van der Waals surface area (Å²) in [7, 11) is 0. The molecule has 0 spiro atoms. The van der Waals surface area contributed by atoms with E-state index < -0.39 is 6.04 Å². The Labute approximate surface area is 151 Å². The first-order valence-corrected chi connectivity index (χ1v) is 8.31. The molecule has 0 fully saturated rings. The Morgan fingerprint density at radius 1 is 1.16 bits per heavy atom. The van der Waals surface area contributed by atoms with E-state index in [-0.39, 0.29) is 11.7 Å². The van der Waals surface area contributed by atoms with Crippen molar-refractivity contribution in [2.24, 2.45) is 0 Å². The van der Waals surface area contributed by atoms with Crippen LogP contribution < -0.4 is 16.0 Å². The van der Waals surface area contributed by atoms with Gasteiger partial charge in [0.1, 0.15) is 5.82 Å². The lowest BCUT2D eigenvalue weighted by Crippen LogP contribution is -2.46. The predicted molar refractivity (Wildman–Crippen MR) is 99.0 cm³/mol. The van der Waals surface area contributed by atoms with Crippen molar-refractivity contribution in [2.45, 2.75) is 19.5 Å². The third-order valence-electron chi connectivity index (χ3n) is 4.01. The Bertz CT molecular complexity index is 818. The van der Waals surface area contributed by atoms with Crippen LogP contribution in [-0.2, 0) is 11.3 Å². The first-order valence-electron chi connectivity index (χ1n) is 7.90. The molecule has 2 aromatic carbocycles. The molecule has 0 aliphatic carbocycles. The second-order valence-corrected chi connectivity index (χ2v) is 6.20. The molecule has 0 aromatic heterocycles. The van der Waals surface area contributed by atoms with Gasteiger partial charge in [0, 0.05) is 12.2 Å². The van der Waals surface area contributed by atoms with Crippen LogP contribution in [0.2, 0.25) is 0 Å². The number of carbonyl (C=O) groups is 1. The van der Waals surface area contributed by atoms with Crippen LogP contribution in [0, 0.1) is 5.82 Å². The maximum atomic E-state index is 13.2. The molecule has 4 nitrogen and oxygen atoms in total. The minimum absolute atomic E-state index is 0.196. The van der Waals surface area contributed by atoms with Gasteiger partial charge in [0.05, 0.1) is 11.6 Å². The Hall–Kier alpha value is -2.73. The van der Waals surface area contributed by atoms with Gasteiger partial charge >= 0.3 is 0 Å². The molecule has 3 N–H and O–H groups in total. The monoisotopic (exact) mass is 355 g/mol. The molecule has 0 radical (unpaired) electrons. The minimum atomic E-state index is -0.426. The van der Waals surface area contributed by atoms with E-state index >= 15 is 0 Å². The van der Waals surface area contributed by atoms with Crippen molar-refractivity contribution in [2.75, 3.05) is 0 Å². The third kappa shape index (κ3) is 4.03. The Kier molecular flexibility index (Phi) is 5.09. The summed E-state index contributed by atoms with van der Waals surface area (Å²) in [6.07, 6.45) is 0. The molecule has 1 aliphatic rings. The molecule has 6 heteroatoms. The van der Waals surface area contributed by atoms with Crippen molar-refractivity contribution in [3.63, 3.8) is 0 Å². The molecule has 0 bridgehead atoms. The normalized spacial score (nSPS) is 16.9. The number of rotatable bonds is 4. The number of amides is 1. The molecule has 1 atom stereocenters. The predicted octanol–water partition coefficient (Wildman–Crippen LogP) is 2.93. The van der Waals surface area contributed by atoms with Crippen molar-refractivity contribution in [3.8, 4) is 0 Å². The number of hydrogen-bond acceptors (Lipinski definition) is 2. The zero-order chi connectivity index (χ0) is 17.8. The molecule has 0 saturated carbocycles. The first-order chi connectivity index (χ1) is 12.0. The third-order valence-corrected chi connectivity index (χ3v) is 4.23. The summed E-state index contributed by atoms with van der Waals surface area (Å²) in [6, 6.07) is 15.3. The van der Waals surface area contributed by atoms with Gasteiger partial charge in [0.15, 0.2) is 5.11 Å². The molecule has 1 amide bonds. The molecule has 3 rings (SSSR count). The van der Waals surface area contributed by atoms with Crippen molar-refractivity contribution in [3.05, 3.63) is 82.8 Å². The zero-order valence-corrected chi connectivity index (χ0v) is 14.5. The largest absolute Gasteiger partial charge is 0.351 e. The average Bonchev–Trinajstić information content (AvgIpc) is 2.60. The standard InChI is InChI=1S/C19H18FN3OS/c1-12-16(18(24)21-11-13-5-3-2-4-6-13)17(23-19(25)22-12)14-7-9-15(20)10-8-14/h2-10,17H,11H2,1H3,(H,21,24)(H2,22,23,25)/t17-/m1/s1. The van der Waals surface area contributed by atoms with Gasteiger partial charge in [-0.3, -0.25) is 4.79 Å². The quantitative estimate of drug-likeness (QED) is 0.738. The molecular formula is C19H18FN3OS. The summed E-state index contributed by atoms with van der Waals surface area (Å²) >= 11 is 5.20. The summed E-state index contributed by atoms with van der Waals surface area (Å²) in [5.74, 6) is -0.519. The molecule has 1 heterocycles. The van der Waals surface area contributed by atoms with Crippen LogP contribution in [0.5, 0.6) is 0 Å². The van der Waals surface area contributed by atoms with Crippen LogP contribution in [0.3, 0.4) is 0 Å². The van der Waals surface area contributed by atoms with Gasteiger partial charge in [0.25, 0.3) is 5.91 Å². The van der Waals surface area contributed by atoms with E-state index in [2.05, 4.69) is 16.0 Å². The highest BCUT2D eigenvalue weighted by atomic mass is 32.1. The van der Waals surface area contributed by atoms with E-state index in [1.54, 1.807) is 19.1 Å². The van der Waals surface area contributed by atoms with Gasteiger partial charge in [-0.2, -0.15) is 0 Å².